The third kappa shape index (κ3) is 8.00. The summed E-state index contributed by atoms with van der Waals surface area (Å²) in [5.41, 5.74) is 3.11. The van der Waals surface area contributed by atoms with E-state index in [4.69, 9.17) is 14.2 Å². The highest BCUT2D eigenvalue weighted by molar-refractivity contribution is 6.08. The van der Waals surface area contributed by atoms with Crippen LogP contribution in [0, 0.1) is 0 Å². The number of aromatic amines is 1. The predicted molar refractivity (Wildman–Crippen MR) is 199 cm³/mol. The van der Waals surface area contributed by atoms with Crippen LogP contribution in [-0.4, -0.2) is 83.8 Å². The van der Waals surface area contributed by atoms with E-state index in [1.165, 1.54) is 18.3 Å². The molecule has 13 heteroatoms. The summed E-state index contributed by atoms with van der Waals surface area (Å²) >= 11 is 0. The highest BCUT2D eigenvalue weighted by atomic mass is 16.5. The van der Waals surface area contributed by atoms with Crippen molar-refractivity contribution in [2.75, 3.05) is 46.3 Å². The summed E-state index contributed by atoms with van der Waals surface area (Å²) in [5, 5.41) is 14.1. The van der Waals surface area contributed by atoms with Crippen LogP contribution in [0.2, 0.25) is 0 Å². The summed E-state index contributed by atoms with van der Waals surface area (Å²) < 4.78 is 15.6. The molecule has 2 amide bonds. The molecule has 0 unspecified atom stereocenters. The van der Waals surface area contributed by atoms with E-state index in [-0.39, 0.29) is 43.4 Å². The predicted octanol–water partition coefficient (Wildman–Crippen LogP) is 4.75. The van der Waals surface area contributed by atoms with E-state index in [1.54, 1.807) is 38.5 Å². The lowest BCUT2D eigenvalue weighted by Crippen LogP contribution is -2.49. The fraction of sp³-hybridized carbons (Fsp3) is 0.200. The minimum atomic E-state index is -0.831. The summed E-state index contributed by atoms with van der Waals surface area (Å²) in [4.78, 5) is 49.7. The molecule has 0 bridgehead atoms. The molecule has 2 aromatic heterocycles. The number of carbonyl (C=O) groups is 3. The monoisotopic (exact) mass is 713 g/mol. The number of fused-ring (bicyclic) bond motifs is 1. The number of aromatic nitrogens is 4. The van der Waals surface area contributed by atoms with E-state index < -0.39 is 17.4 Å². The lowest BCUT2D eigenvalue weighted by molar-refractivity contribution is -0.146. The number of ether oxygens (including phenoxy) is 3. The van der Waals surface area contributed by atoms with Gasteiger partial charge in [-0.25, -0.2) is 9.97 Å². The second kappa shape index (κ2) is 16.6. The zero-order chi connectivity index (χ0) is 37.2. The number of rotatable bonds is 15. The lowest BCUT2D eigenvalue weighted by Gasteiger charge is -2.38. The van der Waals surface area contributed by atoms with Crippen LogP contribution >= 0.6 is 0 Å². The van der Waals surface area contributed by atoms with Gasteiger partial charge in [0.05, 0.1) is 44.4 Å². The van der Waals surface area contributed by atoms with Gasteiger partial charge >= 0.3 is 5.97 Å². The van der Waals surface area contributed by atoms with E-state index in [0.717, 1.165) is 22.4 Å². The maximum absolute atomic E-state index is 14.0. The second-order valence-corrected chi connectivity index (χ2v) is 12.0. The molecule has 6 rings (SSSR count). The molecule has 0 radical (unpaired) electrons. The first-order valence-electron chi connectivity index (χ1n) is 16.8. The minimum Gasteiger partial charge on any atom is -0.497 e. The number of nitrogens with zero attached hydrogens (tertiary/aromatic N) is 4. The van der Waals surface area contributed by atoms with Gasteiger partial charge in [-0.3, -0.25) is 24.8 Å². The molecule has 4 aromatic carbocycles. The van der Waals surface area contributed by atoms with Crippen molar-refractivity contribution in [1.82, 2.24) is 30.4 Å². The first-order chi connectivity index (χ1) is 25.9. The van der Waals surface area contributed by atoms with Crippen molar-refractivity contribution in [3.05, 3.63) is 143 Å². The summed E-state index contributed by atoms with van der Waals surface area (Å²) in [7, 11) is 4.45. The summed E-state index contributed by atoms with van der Waals surface area (Å²) in [6, 6.07) is 34.5. The Morgan fingerprint density at radius 1 is 0.755 bits per heavy atom. The van der Waals surface area contributed by atoms with Crippen LogP contribution in [0.5, 0.6) is 11.5 Å². The first-order valence-corrected chi connectivity index (χ1v) is 16.8. The standard InChI is InChI=1S/C40H39N7O6/c1-51-31-18-14-27(15-19-31)39(50)44-37-36-33(45-46-38(36)42-26-41-37)24-34(48)47(25-35(49)53-3)23-22-43-40(28-10-6-4-7-11-28,29-12-8-5-9-13-29)30-16-20-32(52-2)21-17-30/h4-21,26,43H,22-25H2,1-3H3,(H2,41,42,44,45,46,50). The molecule has 2 heterocycles. The number of amides is 2. The Kier molecular flexibility index (Phi) is 11.3. The first kappa shape index (κ1) is 36.2. The molecule has 0 atom stereocenters. The van der Waals surface area contributed by atoms with Crippen LogP contribution in [0.15, 0.2) is 116 Å². The molecule has 3 N–H and O–H groups in total. The van der Waals surface area contributed by atoms with Crippen LogP contribution in [0.4, 0.5) is 5.82 Å². The zero-order valence-corrected chi connectivity index (χ0v) is 29.5. The maximum atomic E-state index is 14.0. The maximum Gasteiger partial charge on any atom is 0.325 e. The third-order valence-electron chi connectivity index (χ3n) is 8.95. The fourth-order valence-electron chi connectivity index (χ4n) is 6.24. The average molecular weight is 714 g/mol. The second-order valence-electron chi connectivity index (χ2n) is 12.0. The molecule has 0 aliphatic rings. The number of methoxy groups -OCH3 is 3. The van der Waals surface area contributed by atoms with Crippen molar-refractivity contribution in [2.24, 2.45) is 0 Å². The molecule has 6 aromatic rings. The molecule has 0 fully saturated rings. The molecule has 0 spiro atoms. The number of hydrogen-bond acceptors (Lipinski definition) is 10. The van der Waals surface area contributed by atoms with Gasteiger partial charge < -0.3 is 24.4 Å². The smallest absolute Gasteiger partial charge is 0.325 e. The average Bonchev–Trinajstić information content (AvgIpc) is 3.63. The molecule has 0 saturated heterocycles. The molecule has 0 aliphatic heterocycles. The van der Waals surface area contributed by atoms with Crippen LogP contribution in [0.1, 0.15) is 32.7 Å². The van der Waals surface area contributed by atoms with Crippen LogP contribution in [0.25, 0.3) is 11.0 Å². The minimum absolute atomic E-state index is 0.148. The largest absolute Gasteiger partial charge is 0.497 e. The molecular weight excluding hydrogens is 674 g/mol. The Balaban J connectivity index is 1.27. The number of anilines is 1. The highest BCUT2D eigenvalue weighted by Gasteiger charge is 2.36. The Morgan fingerprint density at radius 2 is 1.34 bits per heavy atom. The number of H-pyrrole nitrogens is 1. The van der Waals surface area contributed by atoms with E-state index >= 15 is 0 Å². The van der Waals surface area contributed by atoms with Crippen LogP contribution in [-0.2, 0) is 26.3 Å². The Bertz CT molecular complexity index is 2120. The normalized spacial score (nSPS) is 11.2. The van der Waals surface area contributed by atoms with Gasteiger partial charge in [-0.05, 0) is 53.1 Å². The van der Waals surface area contributed by atoms with Gasteiger partial charge in [-0.15, -0.1) is 0 Å². The topological polar surface area (TPSA) is 161 Å². The van der Waals surface area contributed by atoms with Crippen molar-refractivity contribution in [3.63, 3.8) is 0 Å². The van der Waals surface area contributed by atoms with E-state index in [2.05, 4.69) is 55.1 Å². The van der Waals surface area contributed by atoms with E-state index in [9.17, 15) is 14.4 Å². The van der Waals surface area contributed by atoms with Gasteiger partial charge in [0.1, 0.15) is 30.2 Å². The van der Waals surface area contributed by atoms with E-state index in [0.29, 0.717) is 22.4 Å². The van der Waals surface area contributed by atoms with Crippen molar-refractivity contribution < 1.29 is 28.6 Å². The highest BCUT2D eigenvalue weighted by Crippen LogP contribution is 2.37. The van der Waals surface area contributed by atoms with Crippen LogP contribution in [0.3, 0.4) is 0 Å². The number of benzene rings is 4. The molecule has 13 nitrogen and oxygen atoms in total. The number of nitrogens with one attached hydrogen (secondary N) is 3. The SMILES string of the molecule is COC(=O)CN(CCNC(c1ccccc1)(c1ccccc1)c1ccc(OC)cc1)C(=O)Cc1[nH]nc2ncnc(NC(=O)c3ccc(OC)cc3)c12. The zero-order valence-electron chi connectivity index (χ0n) is 29.5. The lowest BCUT2D eigenvalue weighted by atomic mass is 9.77. The van der Waals surface area contributed by atoms with Crippen molar-refractivity contribution in [2.45, 2.75) is 12.0 Å². The van der Waals surface area contributed by atoms with Crippen molar-refractivity contribution in [1.29, 1.82) is 0 Å². The molecule has 270 valence electrons. The van der Waals surface area contributed by atoms with Gasteiger partial charge in [-0.2, -0.15) is 5.10 Å². The van der Waals surface area contributed by atoms with Crippen molar-refractivity contribution >= 4 is 34.6 Å². The molecule has 53 heavy (non-hydrogen) atoms. The Morgan fingerprint density at radius 3 is 1.92 bits per heavy atom. The summed E-state index contributed by atoms with van der Waals surface area (Å²) in [6.07, 6.45) is 1.09. The Labute approximate surface area is 306 Å². The fourth-order valence-corrected chi connectivity index (χ4v) is 6.24. The van der Waals surface area contributed by atoms with E-state index in [1.807, 2.05) is 60.7 Å². The number of carbonyl (C=O) groups excluding carboxylic acids is 3. The summed E-state index contributed by atoms with van der Waals surface area (Å²) in [5.74, 6) is 0.147. The van der Waals surface area contributed by atoms with Gasteiger partial charge in [0.25, 0.3) is 5.91 Å². The molecular formula is C40H39N7O6. The number of esters is 1. The van der Waals surface area contributed by atoms with Crippen molar-refractivity contribution in [3.8, 4) is 11.5 Å². The van der Waals surface area contributed by atoms with Gasteiger partial charge in [0.2, 0.25) is 5.91 Å². The number of hydrogen-bond donors (Lipinski definition) is 3. The quantitative estimate of drug-likeness (QED) is 0.100. The Hall–Kier alpha value is -6.60. The van der Waals surface area contributed by atoms with Gasteiger partial charge in [0, 0.05) is 18.7 Å². The van der Waals surface area contributed by atoms with Gasteiger partial charge in [-0.1, -0.05) is 72.8 Å². The summed E-state index contributed by atoms with van der Waals surface area (Å²) in [6.45, 7) is 0.149. The van der Waals surface area contributed by atoms with Crippen LogP contribution < -0.4 is 20.1 Å². The molecule has 0 aliphatic carbocycles. The molecule has 0 saturated carbocycles. The van der Waals surface area contributed by atoms with Gasteiger partial charge in [0.15, 0.2) is 5.65 Å². The third-order valence-corrected chi connectivity index (χ3v) is 8.95.